The molecule has 0 amide bonds. The predicted octanol–water partition coefficient (Wildman–Crippen LogP) is 2.34. The van der Waals surface area contributed by atoms with E-state index in [-0.39, 0.29) is 11.1 Å². The van der Waals surface area contributed by atoms with Crippen LogP contribution in [0.1, 0.15) is 45.2 Å². The number of hydrogen-bond acceptors (Lipinski definition) is 2. The summed E-state index contributed by atoms with van der Waals surface area (Å²) in [5.41, 5.74) is 1.20. The van der Waals surface area contributed by atoms with E-state index in [9.17, 15) is 9.59 Å². The van der Waals surface area contributed by atoms with E-state index in [1.54, 1.807) is 6.07 Å². The van der Waals surface area contributed by atoms with Gasteiger partial charge in [0, 0.05) is 0 Å². The highest BCUT2D eigenvalue weighted by Crippen LogP contribution is 2.20. The molecule has 0 heterocycles. The first kappa shape index (κ1) is 12.2. The monoisotopic (exact) mass is 222 g/mol. The van der Waals surface area contributed by atoms with Crippen LogP contribution in [0.2, 0.25) is 0 Å². The maximum atomic E-state index is 11.1. The van der Waals surface area contributed by atoms with Gasteiger partial charge in [0.2, 0.25) is 0 Å². The lowest BCUT2D eigenvalue weighted by Crippen LogP contribution is -2.10. The van der Waals surface area contributed by atoms with E-state index in [0.717, 1.165) is 6.42 Å². The molecule has 0 saturated heterocycles. The Balaban J connectivity index is 3.41. The summed E-state index contributed by atoms with van der Waals surface area (Å²) in [6, 6.07) is 3.05. The average molecular weight is 222 g/mol. The molecule has 1 rings (SSSR count). The molecule has 2 N–H and O–H groups in total. The molecule has 0 spiro atoms. The highest BCUT2D eigenvalue weighted by molar-refractivity contribution is 5.97. The number of carboxylic acid groups (broad SMARTS) is 2. The van der Waals surface area contributed by atoms with Crippen LogP contribution in [0, 0.1) is 6.92 Å². The third-order valence-corrected chi connectivity index (χ3v) is 2.51. The molecule has 0 bridgehead atoms. The highest BCUT2D eigenvalue weighted by atomic mass is 16.4. The lowest BCUT2D eigenvalue weighted by Gasteiger charge is -2.10. The topological polar surface area (TPSA) is 74.6 Å². The van der Waals surface area contributed by atoms with Gasteiger partial charge in [0.1, 0.15) is 0 Å². The minimum Gasteiger partial charge on any atom is -0.478 e. The molecule has 4 nitrogen and oxygen atoms in total. The standard InChI is InChI=1S/C12H14O4/c1-3-4-8-5-6-9(11(13)14)7(2)10(8)12(15)16/h5-6H,3-4H2,1-2H3,(H,13,14)(H,15,16). The van der Waals surface area contributed by atoms with Crippen molar-refractivity contribution in [1.82, 2.24) is 0 Å². The van der Waals surface area contributed by atoms with Gasteiger partial charge in [-0.3, -0.25) is 0 Å². The van der Waals surface area contributed by atoms with Crippen molar-refractivity contribution in [3.05, 3.63) is 34.4 Å². The lowest BCUT2D eigenvalue weighted by molar-refractivity contribution is 0.0695. The van der Waals surface area contributed by atoms with Crippen LogP contribution in [0.15, 0.2) is 12.1 Å². The molecule has 0 aromatic heterocycles. The Hall–Kier alpha value is -1.84. The van der Waals surface area contributed by atoms with E-state index >= 15 is 0 Å². The largest absolute Gasteiger partial charge is 0.478 e. The average Bonchev–Trinajstić information content (AvgIpc) is 2.17. The van der Waals surface area contributed by atoms with Gasteiger partial charge < -0.3 is 10.2 Å². The second kappa shape index (κ2) is 4.79. The van der Waals surface area contributed by atoms with Gasteiger partial charge >= 0.3 is 11.9 Å². The summed E-state index contributed by atoms with van der Waals surface area (Å²) in [4.78, 5) is 22.0. The number of rotatable bonds is 4. The summed E-state index contributed by atoms with van der Waals surface area (Å²) in [5, 5.41) is 18.0. The van der Waals surface area contributed by atoms with Crippen LogP contribution in [-0.4, -0.2) is 22.2 Å². The first-order valence-corrected chi connectivity index (χ1v) is 5.08. The first-order chi connectivity index (χ1) is 7.49. The van der Waals surface area contributed by atoms with Gasteiger partial charge in [-0.1, -0.05) is 19.4 Å². The Morgan fingerprint density at radius 1 is 1.19 bits per heavy atom. The summed E-state index contributed by atoms with van der Waals surface area (Å²) in [7, 11) is 0. The number of benzene rings is 1. The van der Waals surface area contributed by atoms with Gasteiger partial charge in [0.25, 0.3) is 0 Å². The van der Waals surface area contributed by atoms with Crippen LogP contribution in [0.4, 0.5) is 0 Å². The molecule has 1 aromatic rings. The van der Waals surface area contributed by atoms with Gasteiger partial charge in [-0.15, -0.1) is 0 Å². The van der Waals surface area contributed by atoms with Gasteiger partial charge in [0.15, 0.2) is 0 Å². The van der Waals surface area contributed by atoms with Crippen molar-refractivity contribution in [2.75, 3.05) is 0 Å². The molecule has 16 heavy (non-hydrogen) atoms. The fraction of sp³-hybridized carbons (Fsp3) is 0.333. The molecule has 86 valence electrons. The Morgan fingerprint density at radius 3 is 2.25 bits per heavy atom. The zero-order valence-corrected chi connectivity index (χ0v) is 9.28. The predicted molar refractivity (Wildman–Crippen MR) is 59.1 cm³/mol. The maximum Gasteiger partial charge on any atom is 0.336 e. The van der Waals surface area contributed by atoms with Crippen molar-refractivity contribution in [1.29, 1.82) is 0 Å². The molecule has 4 heteroatoms. The maximum absolute atomic E-state index is 11.1. The first-order valence-electron chi connectivity index (χ1n) is 5.08. The van der Waals surface area contributed by atoms with E-state index in [1.807, 2.05) is 6.92 Å². The Labute approximate surface area is 93.5 Å². The SMILES string of the molecule is CCCc1ccc(C(=O)O)c(C)c1C(=O)O. The number of aryl methyl sites for hydroxylation is 1. The number of carboxylic acids is 2. The summed E-state index contributed by atoms with van der Waals surface area (Å²) >= 11 is 0. The molecule has 0 atom stereocenters. The zero-order chi connectivity index (χ0) is 12.3. The van der Waals surface area contributed by atoms with Crippen molar-refractivity contribution < 1.29 is 19.8 Å². The van der Waals surface area contributed by atoms with Crippen molar-refractivity contribution in [2.24, 2.45) is 0 Å². The van der Waals surface area contributed by atoms with Gasteiger partial charge in [-0.2, -0.15) is 0 Å². The summed E-state index contributed by atoms with van der Waals surface area (Å²) in [5.74, 6) is -2.16. The third-order valence-electron chi connectivity index (χ3n) is 2.51. The molecule has 0 aliphatic heterocycles. The molecule has 0 saturated carbocycles. The van der Waals surface area contributed by atoms with Crippen LogP contribution in [0.5, 0.6) is 0 Å². The van der Waals surface area contributed by atoms with E-state index in [0.29, 0.717) is 17.5 Å². The summed E-state index contributed by atoms with van der Waals surface area (Å²) < 4.78 is 0. The lowest BCUT2D eigenvalue weighted by atomic mass is 9.94. The van der Waals surface area contributed by atoms with Crippen LogP contribution in [0.3, 0.4) is 0 Å². The van der Waals surface area contributed by atoms with Crippen molar-refractivity contribution in [3.63, 3.8) is 0 Å². The summed E-state index contributed by atoms with van der Waals surface area (Å²) in [6.45, 7) is 3.48. The quantitative estimate of drug-likeness (QED) is 0.819. The molecule has 0 unspecified atom stereocenters. The van der Waals surface area contributed by atoms with Crippen molar-refractivity contribution in [2.45, 2.75) is 26.7 Å². The molecule has 1 aromatic carbocycles. The Kier molecular flexibility index (Phi) is 3.66. The molecular weight excluding hydrogens is 208 g/mol. The van der Waals surface area contributed by atoms with E-state index in [2.05, 4.69) is 0 Å². The smallest absolute Gasteiger partial charge is 0.336 e. The molecule has 0 fully saturated rings. The van der Waals surface area contributed by atoms with Gasteiger partial charge in [-0.05, 0) is 30.5 Å². The summed E-state index contributed by atoms with van der Waals surface area (Å²) in [6.07, 6.45) is 1.47. The number of hydrogen-bond donors (Lipinski definition) is 2. The van der Waals surface area contributed by atoms with Crippen LogP contribution in [0.25, 0.3) is 0 Å². The number of aromatic carboxylic acids is 2. The van der Waals surface area contributed by atoms with E-state index < -0.39 is 11.9 Å². The second-order valence-corrected chi connectivity index (χ2v) is 3.63. The van der Waals surface area contributed by atoms with Gasteiger partial charge in [-0.25, -0.2) is 9.59 Å². The normalized spacial score (nSPS) is 10.1. The number of carbonyl (C=O) groups is 2. The second-order valence-electron chi connectivity index (χ2n) is 3.63. The zero-order valence-electron chi connectivity index (χ0n) is 9.28. The van der Waals surface area contributed by atoms with E-state index in [4.69, 9.17) is 10.2 Å². The fourth-order valence-electron chi connectivity index (χ4n) is 1.77. The van der Waals surface area contributed by atoms with Crippen LogP contribution < -0.4 is 0 Å². The van der Waals surface area contributed by atoms with E-state index in [1.165, 1.54) is 13.0 Å². The van der Waals surface area contributed by atoms with Crippen molar-refractivity contribution in [3.8, 4) is 0 Å². The minimum atomic E-state index is -1.09. The highest BCUT2D eigenvalue weighted by Gasteiger charge is 2.18. The van der Waals surface area contributed by atoms with Crippen LogP contribution in [-0.2, 0) is 6.42 Å². The fourth-order valence-corrected chi connectivity index (χ4v) is 1.77. The Bertz CT molecular complexity index is 435. The third kappa shape index (κ3) is 2.21. The van der Waals surface area contributed by atoms with Crippen LogP contribution >= 0.6 is 0 Å². The molecule has 0 aliphatic carbocycles. The van der Waals surface area contributed by atoms with Gasteiger partial charge in [0.05, 0.1) is 11.1 Å². The molecule has 0 aliphatic rings. The molecule has 0 radical (unpaired) electrons. The minimum absolute atomic E-state index is 0.0530. The van der Waals surface area contributed by atoms with Crippen molar-refractivity contribution >= 4 is 11.9 Å². The molecular formula is C12H14O4. The Morgan fingerprint density at radius 2 is 1.81 bits per heavy atom.